The van der Waals surface area contributed by atoms with Crippen LogP contribution in [0.2, 0.25) is 0 Å². The van der Waals surface area contributed by atoms with E-state index in [4.69, 9.17) is 0 Å². The smallest absolute Gasteiger partial charge is 0.271 e. The first-order valence-corrected chi connectivity index (χ1v) is 7.33. The molecule has 0 aliphatic carbocycles. The fraction of sp³-hybridized carbons (Fsp3) is 0.583. The van der Waals surface area contributed by atoms with Crippen LogP contribution in [-0.2, 0) is 0 Å². The number of rotatable bonds is 7. The van der Waals surface area contributed by atoms with E-state index in [0.717, 1.165) is 13.0 Å². The van der Waals surface area contributed by atoms with Gasteiger partial charge >= 0.3 is 0 Å². The molecule has 6 heteroatoms. The first kappa shape index (κ1) is 14.8. The van der Waals surface area contributed by atoms with Gasteiger partial charge in [0.2, 0.25) is 0 Å². The Balaban J connectivity index is 2.41. The minimum atomic E-state index is -0.168. The van der Waals surface area contributed by atoms with E-state index < -0.39 is 0 Å². The Hall–Kier alpha value is -1.30. The number of anilines is 1. The number of thioether (sulfide) groups is 1. The zero-order valence-electron chi connectivity index (χ0n) is 11.1. The van der Waals surface area contributed by atoms with E-state index in [2.05, 4.69) is 33.8 Å². The van der Waals surface area contributed by atoms with Gasteiger partial charge in [-0.25, -0.2) is 9.97 Å². The van der Waals surface area contributed by atoms with Gasteiger partial charge in [-0.1, -0.05) is 6.92 Å². The van der Waals surface area contributed by atoms with Crippen LogP contribution in [0.1, 0.15) is 30.8 Å². The third kappa shape index (κ3) is 4.91. The first-order chi connectivity index (χ1) is 8.67. The van der Waals surface area contributed by atoms with Crippen LogP contribution in [0.15, 0.2) is 12.4 Å². The second kappa shape index (κ2) is 7.92. The summed E-state index contributed by atoms with van der Waals surface area (Å²) >= 11 is 1.79. The highest BCUT2D eigenvalue weighted by atomic mass is 32.2. The number of nitrogens with one attached hydrogen (secondary N) is 2. The second-order valence-electron chi connectivity index (χ2n) is 3.91. The highest BCUT2D eigenvalue weighted by Crippen LogP contribution is 2.08. The van der Waals surface area contributed by atoms with E-state index in [9.17, 15) is 4.79 Å². The van der Waals surface area contributed by atoms with Crippen LogP contribution in [0.3, 0.4) is 0 Å². The van der Waals surface area contributed by atoms with Crippen LogP contribution in [0.5, 0.6) is 0 Å². The molecule has 1 aromatic heterocycles. The molecule has 5 nitrogen and oxygen atoms in total. The van der Waals surface area contributed by atoms with Crippen molar-refractivity contribution in [2.45, 2.75) is 25.5 Å². The Morgan fingerprint density at radius 1 is 1.44 bits per heavy atom. The van der Waals surface area contributed by atoms with Crippen molar-refractivity contribution >= 4 is 23.5 Å². The molecule has 0 spiro atoms. The van der Waals surface area contributed by atoms with Gasteiger partial charge in [-0.3, -0.25) is 4.79 Å². The van der Waals surface area contributed by atoms with Gasteiger partial charge < -0.3 is 10.6 Å². The summed E-state index contributed by atoms with van der Waals surface area (Å²) in [6.07, 6.45) is 6.08. The van der Waals surface area contributed by atoms with Gasteiger partial charge in [0.1, 0.15) is 11.5 Å². The molecule has 1 unspecified atom stereocenters. The zero-order chi connectivity index (χ0) is 13.4. The van der Waals surface area contributed by atoms with Crippen molar-refractivity contribution in [1.29, 1.82) is 0 Å². The van der Waals surface area contributed by atoms with Gasteiger partial charge in [0.05, 0.1) is 12.4 Å². The lowest BCUT2D eigenvalue weighted by atomic mass is 10.3. The predicted molar refractivity (Wildman–Crippen MR) is 76.1 cm³/mol. The molecule has 1 rings (SSSR count). The van der Waals surface area contributed by atoms with Crippen LogP contribution in [0.4, 0.5) is 5.82 Å². The summed E-state index contributed by atoms with van der Waals surface area (Å²) in [6, 6.07) is 0. The molecule has 0 radical (unpaired) electrons. The molecule has 0 saturated heterocycles. The largest absolute Gasteiger partial charge is 0.369 e. The number of aromatic nitrogens is 2. The number of amides is 1. The van der Waals surface area contributed by atoms with E-state index in [1.54, 1.807) is 18.0 Å². The van der Waals surface area contributed by atoms with Gasteiger partial charge in [0.15, 0.2) is 0 Å². The van der Waals surface area contributed by atoms with E-state index >= 15 is 0 Å². The third-order valence-corrected chi connectivity index (χ3v) is 3.52. The second-order valence-corrected chi connectivity index (χ2v) is 5.18. The highest BCUT2D eigenvalue weighted by molar-refractivity contribution is 7.99. The maximum atomic E-state index is 11.7. The van der Waals surface area contributed by atoms with Crippen molar-refractivity contribution < 1.29 is 4.79 Å². The number of hydrogen-bond donors (Lipinski definition) is 2. The van der Waals surface area contributed by atoms with E-state index in [1.807, 2.05) is 6.92 Å². The van der Waals surface area contributed by atoms with Gasteiger partial charge in [0.25, 0.3) is 5.91 Å². The number of hydrogen-bond acceptors (Lipinski definition) is 5. The monoisotopic (exact) mass is 268 g/mol. The average molecular weight is 268 g/mol. The van der Waals surface area contributed by atoms with E-state index in [0.29, 0.717) is 23.3 Å². The summed E-state index contributed by atoms with van der Waals surface area (Å²) in [5.74, 6) is 0.518. The highest BCUT2D eigenvalue weighted by Gasteiger charge is 2.08. The summed E-state index contributed by atoms with van der Waals surface area (Å²) < 4.78 is 0. The number of nitrogens with zero attached hydrogens (tertiary/aromatic N) is 2. The molecule has 1 aromatic rings. The molecule has 1 amide bonds. The molecule has 2 N–H and O–H groups in total. The van der Waals surface area contributed by atoms with Crippen molar-refractivity contribution in [3.8, 4) is 0 Å². The third-order valence-electron chi connectivity index (χ3n) is 2.48. The zero-order valence-corrected chi connectivity index (χ0v) is 11.9. The fourth-order valence-electron chi connectivity index (χ4n) is 1.32. The molecular formula is C12H20N4OS. The van der Waals surface area contributed by atoms with Gasteiger partial charge in [0, 0.05) is 18.3 Å². The van der Waals surface area contributed by atoms with Crippen LogP contribution in [0.25, 0.3) is 0 Å². The van der Waals surface area contributed by atoms with Gasteiger partial charge in [-0.2, -0.15) is 11.8 Å². The van der Waals surface area contributed by atoms with Crippen molar-refractivity contribution in [3.05, 3.63) is 18.1 Å². The van der Waals surface area contributed by atoms with Crippen LogP contribution < -0.4 is 10.6 Å². The minimum Gasteiger partial charge on any atom is -0.369 e. The van der Waals surface area contributed by atoms with Crippen LogP contribution >= 0.6 is 11.8 Å². The Kier molecular flexibility index (Phi) is 6.49. The lowest BCUT2D eigenvalue weighted by Gasteiger charge is -2.09. The lowest BCUT2D eigenvalue weighted by Crippen LogP contribution is -2.27. The fourth-order valence-corrected chi connectivity index (χ4v) is 1.67. The predicted octanol–water partition coefficient (Wildman–Crippen LogP) is 1.78. The number of carbonyl (C=O) groups is 1. The van der Waals surface area contributed by atoms with Crippen molar-refractivity contribution in [3.63, 3.8) is 0 Å². The maximum Gasteiger partial charge on any atom is 0.271 e. The molecule has 0 bridgehead atoms. The van der Waals surface area contributed by atoms with E-state index in [-0.39, 0.29) is 5.91 Å². The Morgan fingerprint density at radius 2 is 2.22 bits per heavy atom. The van der Waals surface area contributed by atoms with Crippen molar-refractivity contribution in [1.82, 2.24) is 15.3 Å². The Bertz CT molecular complexity index is 369. The first-order valence-electron chi connectivity index (χ1n) is 6.04. The lowest BCUT2D eigenvalue weighted by molar-refractivity contribution is 0.0948. The molecule has 0 fully saturated rings. The molecule has 1 atom stereocenters. The molecule has 18 heavy (non-hydrogen) atoms. The summed E-state index contributed by atoms with van der Waals surface area (Å²) in [5, 5.41) is 6.42. The standard InChI is InChI=1S/C12H20N4OS/c1-4-13-11-8-15-10(7-16-11)12(17)14-6-5-9(2)18-3/h7-9H,4-6H2,1-3H3,(H,13,16)(H,14,17). The van der Waals surface area contributed by atoms with Crippen LogP contribution in [-0.4, -0.2) is 40.5 Å². The van der Waals surface area contributed by atoms with Gasteiger partial charge in [-0.15, -0.1) is 0 Å². The van der Waals surface area contributed by atoms with E-state index in [1.165, 1.54) is 6.20 Å². The molecule has 0 aliphatic heterocycles. The summed E-state index contributed by atoms with van der Waals surface area (Å²) in [7, 11) is 0. The molecule has 1 heterocycles. The normalized spacial score (nSPS) is 11.9. The average Bonchev–Trinajstić information content (AvgIpc) is 2.39. The van der Waals surface area contributed by atoms with Crippen LogP contribution in [0, 0.1) is 0 Å². The summed E-state index contributed by atoms with van der Waals surface area (Å²) in [6.45, 7) is 5.57. The molecule has 0 saturated carbocycles. The minimum absolute atomic E-state index is 0.168. The quantitative estimate of drug-likeness (QED) is 0.789. The Morgan fingerprint density at radius 3 is 2.78 bits per heavy atom. The molecule has 0 aliphatic rings. The SMILES string of the molecule is CCNc1cnc(C(=O)NCCC(C)SC)cn1. The maximum absolute atomic E-state index is 11.7. The molecular weight excluding hydrogens is 248 g/mol. The van der Waals surface area contributed by atoms with Crippen molar-refractivity contribution in [2.24, 2.45) is 0 Å². The van der Waals surface area contributed by atoms with Crippen molar-refractivity contribution in [2.75, 3.05) is 24.7 Å². The number of carbonyl (C=O) groups excluding carboxylic acids is 1. The summed E-state index contributed by atoms with van der Waals surface area (Å²) in [5.41, 5.74) is 0.355. The molecule has 100 valence electrons. The molecule has 0 aromatic carbocycles. The topological polar surface area (TPSA) is 66.9 Å². The van der Waals surface area contributed by atoms with Gasteiger partial charge in [-0.05, 0) is 19.6 Å². The Labute approximate surface area is 112 Å². The summed E-state index contributed by atoms with van der Waals surface area (Å²) in [4.78, 5) is 19.9.